The highest BCUT2D eigenvalue weighted by molar-refractivity contribution is 6.31. The molecule has 1 N–H and O–H groups in total. The van der Waals surface area contributed by atoms with Gasteiger partial charge in [0.2, 0.25) is 0 Å². The van der Waals surface area contributed by atoms with Gasteiger partial charge in [0, 0.05) is 12.4 Å². The Morgan fingerprint density at radius 1 is 1.18 bits per heavy atom. The first kappa shape index (κ1) is 11.9. The first-order chi connectivity index (χ1) is 8.31. The number of rotatable bonds is 4. The van der Waals surface area contributed by atoms with Gasteiger partial charge in [-0.15, -0.1) is 0 Å². The Labute approximate surface area is 106 Å². The van der Waals surface area contributed by atoms with Crippen LogP contribution < -0.4 is 5.32 Å². The number of halogens is 1. The van der Waals surface area contributed by atoms with Crippen LogP contribution in [0.15, 0.2) is 42.7 Å². The SMILES string of the molecule is CC[C@H](Nc1nccnc1Cl)c1ccccc1. The maximum Gasteiger partial charge on any atom is 0.171 e. The number of nitrogens with one attached hydrogen (secondary N) is 1. The van der Waals surface area contributed by atoms with Crippen molar-refractivity contribution in [2.24, 2.45) is 0 Å². The number of anilines is 1. The molecule has 1 aromatic carbocycles. The van der Waals surface area contributed by atoms with Crippen molar-refractivity contribution in [1.29, 1.82) is 0 Å². The highest BCUT2D eigenvalue weighted by atomic mass is 35.5. The normalized spacial score (nSPS) is 12.1. The van der Waals surface area contributed by atoms with Crippen LogP contribution in [0.4, 0.5) is 5.82 Å². The second-order valence-corrected chi connectivity index (χ2v) is 4.07. The molecule has 0 saturated heterocycles. The molecular weight excluding hydrogens is 234 g/mol. The van der Waals surface area contributed by atoms with E-state index in [1.807, 2.05) is 18.2 Å². The summed E-state index contributed by atoms with van der Waals surface area (Å²) in [6.07, 6.45) is 4.17. The molecule has 0 fully saturated rings. The minimum atomic E-state index is 0.199. The summed E-state index contributed by atoms with van der Waals surface area (Å²) in [5.41, 5.74) is 1.22. The maximum absolute atomic E-state index is 5.98. The van der Waals surface area contributed by atoms with Crippen molar-refractivity contribution in [1.82, 2.24) is 9.97 Å². The average molecular weight is 248 g/mol. The molecule has 1 aromatic heterocycles. The van der Waals surface area contributed by atoms with Gasteiger partial charge in [-0.1, -0.05) is 48.9 Å². The number of hydrogen-bond donors (Lipinski definition) is 1. The lowest BCUT2D eigenvalue weighted by atomic mass is 10.1. The Bertz CT molecular complexity index is 473. The molecule has 0 aliphatic heterocycles. The molecule has 4 heteroatoms. The van der Waals surface area contributed by atoms with Crippen LogP contribution in [0.25, 0.3) is 0 Å². The van der Waals surface area contributed by atoms with Crippen LogP contribution in [0.2, 0.25) is 5.15 Å². The van der Waals surface area contributed by atoms with Gasteiger partial charge in [0.25, 0.3) is 0 Å². The number of benzene rings is 1. The summed E-state index contributed by atoms with van der Waals surface area (Å²) >= 11 is 5.98. The topological polar surface area (TPSA) is 37.8 Å². The van der Waals surface area contributed by atoms with Crippen LogP contribution in [-0.4, -0.2) is 9.97 Å². The Morgan fingerprint density at radius 3 is 2.53 bits per heavy atom. The Morgan fingerprint density at radius 2 is 1.88 bits per heavy atom. The molecule has 2 rings (SSSR count). The minimum Gasteiger partial charge on any atom is -0.361 e. The lowest BCUT2D eigenvalue weighted by Crippen LogP contribution is -2.11. The zero-order chi connectivity index (χ0) is 12.1. The van der Waals surface area contributed by atoms with E-state index in [-0.39, 0.29) is 6.04 Å². The first-order valence-corrected chi connectivity index (χ1v) is 5.97. The fourth-order valence-corrected chi connectivity index (χ4v) is 1.85. The van der Waals surface area contributed by atoms with E-state index in [1.54, 1.807) is 12.4 Å². The lowest BCUT2D eigenvalue weighted by Gasteiger charge is -2.18. The van der Waals surface area contributed by atoms with E-state index in [4.69, 9.17) is 11.6 Å². The molecule has 17 heavy (non-hydrogen) atoms. The Hall–Kier alpha value is -1.61. The Balaban J connectivity index is 2.19. The van der Waals surface area contributed by atoms with Crippen molar-refractivity contribution >= 4 is 17.4 Å². The molecular formula is C13H14ClN3. The van der Waals surface area contributed by atoms with Gasteiger partial charge in [-0.25, -0.2) is 9.97 Å². The molecule has 0 aliphatic carbocycles. The van der Waals surface area contributed by atoms with Gasteiger partial charge in [0.1, 0.15) is 0 Å². The summed E-state index contributed by atoms with van der Waals surface area (Å²) in [6.45, 7) is 2.12. The van der Waals surface area contributed by atoms with E-state index >= 15 is 0 Å². The average Bonchev–Trinajstić information content (AvgIpc) is 2.39. The van der Waals surface area contributed by atoms with E-state index < -0.39 is 0 Å². The van der Waals surface area contributed by atoms with Gasteiger partial charge in [0.05, 0.1) is 6.04 Å². The van der Waals surface area contributed by atoms with Crippen LogP contribution in [0.1, 0.15) is 24.9 Å². The summed E-state index contributed by atoms with van der Waals surface area (Å²) in [4.78, 5) is 8.19. The van der Waals surface area contributed by atoms with Gasteiger partial charge in [0.15, 0.2) is 11.0 Å². The van der Waals surface area contributed by atoms with Crippen LogP contribution in [0.3, 0.4) is 0 Å². The fourth-order valence-electron chi connectivity index (χ4n) is 1.69. The summed E-state index contributed by atoms with van der Waals surface area (Å²) in [5.74, 6) is 0.630. The zero-order valence-electron chi connectivity index (χ0n) is 9.60. The quantitative estimate of drug-likeness (QED) is 0.895. The molecule has 0 saturated carbocycles. The second-order valence-electron chi connectivity index (χ2n) is 3.71. The van der Waals surface area contributed by atoms with Crippen LogP contribution in [0, 0.1) is 0 Å². The fraction of sp³-hybridized carbons (Fsp3) is 0.231. The second kappa shape index (κ2) is 5.64. The van der Waals surface area contributed by atoms with Crippen molar-refractivity contribution in [3.05, 3.63) is 53.4 Å². The van der Waals surface area contributed by atoms with Gasteiger partial charge in [-0.05, 0) is 12.0 Å². The third kappa shape index (κ3) is 2.94. The molecule has 0 amide bonds. The van der Waals surface area contributed by atoms with Crippen LogP contribution >= 0.6 is 11.6 Å². The summed E-state index contributed by atoms with van der Waals surface area (Å²) in [7, 11) is 0. The molecule has 0 aliphatic rings. The van der Waals surface area contributed by atoms with Crippen molar-refractivity contribution < 1.29 is 0 Å². The number of nitrogens with zero attached hydrogens (tertiary/aromatic N) is 2. The molecule has 0 spiro atoms. The maximum atomic E-state index is 5.98. The summed E-state index contributed by atoms with van der Waals surface area (Å²) in [6, 6.07) is 10.4. The van der Waals surface area contributed by atoms with Crippen LogP contribution in [-0.2, 0) is 0 Å². The first-order valence-electron chi connectivity index (χ1n) is 5.59. The minimum absolute atomic E-state index is 0.199. The lowest BCUT2D eigenvalue weighted by molar-refractivity contribution is 0.743. The van der Waals surface area contributed by atoms with E-state index in [1.165, 1.54) is 5.56 Å². The van der Waals surface area contributed by atoms with E-state index in [0.29, 0.717) is 11.0 Å². The molecule has 0 bridgehead atoms. The van der Waals surface area contributed by atoms with Gasteiger partial charge < -0.3 is 5.32 Å². The Kier molecular flexibility index (Phi) is 3.94. The monoisotopic (exact) mass is 247 g/mol. The zero-order valence-corrected chi connectivity index (χ0v) is 10.4. The van der Waals surface area contributed by atoms with Crippen molar-refractivity contribution in [2.75, 3.05) is 5.32 Å². The van der Waals surface area contributed by atoms with Crippen molar-refractivity contribution in [3.8, 4) is 0 Å². The predicted octanol–water partition coefficient (Wildman–Crippen LogP) is 3.69. The standard InChI is InChI=1S/C13H14ClN3/c1-2-11(10-6-4-3-5-7-10)17-13-12(14)15-8-9-16-13/h3-9,11H,2H2,1H3,(H,16,17)/t11-/m0/s1. The molecule has 0 unspecified atom stereocenters. The molecule has 2 aromatic rings. The highest BCUT2D eigenvalue weighted by Gasteiger charge is 2.11. The third-order valence-corrected chi connectivity index (χ3v) is 2.85. The van der Waals surface area contributed by atoms with Crippen molar-refractivity contribution in [2.45, 2.75) is 19.4 Å². The smallest absolute Gasteiger partial charge is 0.171 e. The molecule has 88 valence electrons. The molecule has 0 radical (unpaired) electrons. The highest BCUT2D eigenvalue weighted by Crippen LogP contribution is 2.24. The predicted molar refractivity (Wildman–Crippen MR) is 70.1 cm³/mol. The van der Waals surface area contributed by atoms with E-state index in [0.717, 1.165) is 6.42 Å². The molecule has 1 atom stereocenters. The summed E-state index contributed by atoms with van der Waals surface area (Å²) < 4.78 is 0. The van der Waals surface area contributed by atoms with E-state index in [2.05, 4.69) is 34.3 Å². The third-order valence-electron chi connectivity index (χ3n) is 2.57. The van der Waals surface area contributed by atoms with Gasteiger partial charge in [-0.2, -0.15) is 0 Å². The van der Waals surface area contributed by atoms with Crippen molar-refractivity contribution in [3.63, 3.8) is 0 Å². The van der Waals surface area contributed by atoms with E-state index in [9.17, 15) is 0 Å². The largest absolute Gasteiger partial charge is 0.361 e. The van der Waals surface area contributed by atoms with Gasteiger partial charge >= 0.3 is 0 Å². The van der Waals surface area contributed by atoms with Gasteiger partial charge in [-0.3, -0.25) is 0 Å². The van der Waals surface area contributed by atoms with Crippen LogP contribution in [0.5, 0.6) is 0 Å². The summed E-state index contributed by atoms with van der Waals surface area (Å²) in [5, 5.41) is 3.71. The molecule has 1 heterocycles. The number of hydrogen-bond acceptors (Lipinski definition) is 3. The molecule has 3 nitrogen and oxygen atoms in total. The number of aromatic nitrogens is 2.